The molecule has 0 bridgehead atoms. The van der Waals surface area contributed by atoms with Gasteiger partial charge in [0.05, 0.1) is 18.1 Å². The van der Waals surface area contributed by atoms with Crippen molar-refractivity contribution < 1.29 is 9.66 Å². The molecule has 6 nitrogen and oxygen atoms in total. The standard InChI is InChI=1S/C22H19N3O3/c1-3-24-20-7-5-4-6-17(20)18-12-15(8-11-21(18)24)14-23-19-10-9-16(28-2)13-22(19)25(26)27/h4-14H,3H2,1-2H3. The lowest BCUT2D eigenvalue weighted by molar-refractivity contribution is -0.384. The Labute approximate surface area is 161 Å². The number of para-hydroxylation sites is 1. The van der Waals surface area contributed by atoms with E-state index in [4.69, 9.17) is 4.74 Å². The maximum Gasteiger partial charge on any atom is 0.298 e. The van der Waals surface area contributed by atoms with E-state index in [0.717, 1.165) is 23.0 Å². The van der Waals surface area contributed by atoms with Crippen LogP contribution in [-0.4, -0.2) is 22.8 Å². The molecule has 0 saturated carbocycles. The first-order valence-electron chi connectivity index (χ1n) is 9.00. The van der Waals surface area contributed by atoms with Crippen molar-refractivity contribution >= 4 is 39.4 Å². The number of ether oxygens (including phenoxy) is 1. The van der Waals surface area contributed by atoms with Gasteiger partial charge < -0.3 is 9.30 Å². The third-order valence-electron chi connectivity index (χ3n) is 4.84. The molecule has 0 saturated heterocycles. The number of hydrogen-bond donors (Lipinski definition) is 0. The molecule has 4 aromatic rings. The summed E-state index contributed by atoms with van der Waals surface area (Å²) in [5.41, 5.74) is 3.45. The molecule has 0 N–H and O–H groups in total. The third kappa shape index (κ3) is 2.99. The van der Waals surface area contributed by atoms with Gasteiger partial charge in [0.25, 0.3) is 5.69 Å². The van der Waals surface area contributed by atoms with Crippen molar-refractivity contribution in [2.24, 2.45) is 4.99 Å². The molecule has 140 valence electrons. The Kier molecular flexibility index (Phi) is 4.53. The van der Waals surface area contributed by atoms with E-state index in [0.29, 0.717) is 11.4 Å². The first-order valence-corrected chi connectivity index (χ1v) is 9.00. The second-order valence-corrected chi connectivity index (χ2v) is 6.41. The second kappa shape index (κ2) is 7.15. The zero-order chi connectivity index (χ0) is 19.7. The first kappa shape index (κ1) is 17.7. The number of aromatic nitrogens is 1. The quantitative estimate of drug-likeness (QED) is 0.264. The monoisotopic (exact) mass is 373 g/mol. The molecule has 0 aliphatic heterocycles. The maximum atomic E-state index is 11.3. The number of nitro benzene ring substituents is 1. The minimum Gasteiger partial charge on any atom is -0.496 e. The van der Waals surface area contributed by atoms with E-state index in [9.17, 15) is 10.1 Å². The van der Waals surface area contributed by atoms with Crippen molar-refractivity contribution in [1.29, 1.82) is 0 Å². The van der Waals surface area contributed by atoms with E-state index >= 15 is 0 Å². The number of aryl methyl sites for hydroxylation is 1. The normalized spacial score (nSPS) is 11.5. The SMILES string of the molecule is CCn1c2ccccc2c2cc(C=Nc3ccc(OC)cc3[N+](=O)[O-])ccc21. The van der Waals surface area contributed by atoms with E-state index < -0.39 is 4.92 Å². The van der Waals surface area contributed by atoms with Gasteiger partial charge in [-0.3, -0.25) is 10.1 Å². The van der Waals surface area contributed by atoms with E-state index in [2.05, 4.69) is 40.7 Å². The topological polar surface area (TPSA) is 69.7 Å². The molecular formula is C22H19N3O3. The predicted octanol–water partition coefficient (Wildman–Crippen LogP) is 5.48. The van der Waals surface area contributed by atoms with Gasteiger partial charge in [-0.2, -0.15) is 0 Å². The summed E-state index contributed by atoms with van der Waals surface area (Å²) in [4.78, 5) is 15.2. The van der Waals surface area contributed by atoms with Crippen molar-refractivity contribution in [3.8, 4) is 5.75 Å². The van der Waals surface area contributed by atoms with Gasteiger partial charge in [0, 0.05) is 34.6 Å². The Balaban J connectivity index is 1.79. The van der Waals surface area contributed by atoms with Crippen LogP contribution < -0.4 is 4.74 Å². The summed E-state index contributed by atoms with van der Waals surface area (Å²) >= 11 is 0. The van der Waals surface area contributed by atoms with Gasteiger partial charge in [0.2, 0.25) is 0 Å². The molecule has 0 aliphatic carbocycles. The van der Waals surface area contributed by atoms with Crippen LogP contribution in [0.2, 0.25) is 0 Å². The Morgan fingerprint density at radius 2 is 1.86 bits per heavy atom. The molecule has 1 aromatic heterocycles. The smallest absolute Gasteiger partial charge is 0.298 e. The van der Waals surface area contributed by atoms with Gasteiger partial charge in [-0.25, -0.2) is 4.99 Å². The van der Waals surface area contributed by atoms with Crippen LogP contribution in [0.1, 0.15) is 12.5 Å². The van der Waals surface area contributed by atoms with Crippen molar-refractivity contribution in [3.05, 3.63) is 76.3 Å². The van der Waals surface area contributed by atoms with E-state index in [1.807, 2.05) is 18.2 Å². The summed E-state index contributed by atoms with van der Waals surface area (Å²) in [5, 5.41) is 13.7. The zero-order valence-electron chi connectivity index (χ0n) is 15.6. The Morgan fingerprint density at radius 1 is 1.07 bits per heavy atom. The Morgan fingerprint density at radius 3 is 2.61 bits per heavy atom. The molecule has 0 amide bonds. The summed E-state index contributed by atoms with van der Waals surface area (Å²) in [6.07, 6.45) is 1.66. The zero-order valence-corrected chi connectivity index (χ0v) is 15.6. The van der Waals surface area contributed by atoms with Gasteiger partial charge in [-0.15, -0.1) is 0 Å². The van der Waals surface area contributed by atoms with Crippen LogP contribution in [0.4, 0.5) is 11.4 Å². The van der Waals surface area contributed by atoms with Crippen LogP contribution in [-0.2, 0) is 6.54 Å². The lowest BCUT2D eigenvalue weighted by Gasteiger charge is -2.03. The van der Waals surface area contributed by atoms with Gasteiger partial charge in [0.15, 0.2) is 0 Å². The van der Waals surface area contributed by atoms with Crippen LogP contribution in [0.25, 0.3) is 21.8 Å². The highest BCUT2D eigenvalue weighted by Gasteiger charge is 2.14. The largest absolute Gasteiger partial charge is 0.496 e. The fraction of sp³-hybridized carbons (Fsp3) is 0.136. The number of methoxy groups -OCH3 is 1. The Bertz CT molecular complexity index is 1220. The number of nitro groups is 1. The molecule has 6 heteroatoms. The molecule has 1 heterocycles. The molecule has 0 spiro atoms. The number of benzene rings is 3. The summed E-state index contributed by atoms with van der Waals surface area (Å²) in [5.74, 6) is 0.430. The molecule has 0 unspecified atom stereocenters. The van der Waals surface area contributed by atoms with Gasteiger partial charge >= 0.3 is 0 Å². The molecule has 0 aliphatic rings. The fourth-order valence-corrected chi connectivity index (χ4v) is 3.52. The van der Waals surface area contributed by atoms with Gasteiger partial charge in [-0.1, -0.05) is 24.3 Å². The summed E-state index contributed by atoms with van der Waals surface area (Å²) < 4.78 is 7.34. The molecule has 0 fully saturated rings. The molecular weight excluding hydrogens is 354 g/mol. The summed E-state index contributed by atoms with van der Waals surface area (Å²) in [6, 6.07) is 19.1. The van der Waals surface area contributed by atoms with E-state index in [1.54, 1.807) is 18.3 Å². The van der Waals surface area contributed by atoms with Crippen molar-refractivity contribution in [3.63, 3.8) is 0 Å². The summed E-state index contributed by atoms with van der Waals surface area (Å²) in [6.45, 7) is 3.01. The summed E-state index contributed by atoms with van der Waals surface area (Å²) in [7, 11) is 1.48. The minimum absolute atomic E-state index is 0.0840. The lowest BCUT2D eigenvalue weighted by Crippen LogP contribution is -1.93. The average molecular weight is 373 g/mol. The van der Waals surface area contributed by atoms with E-state index in [-0.39, 0.29) is 5.69 Å². The lowest BCUT2D eigenvalue weighted by atomic mass is 10.1. The van der Waals surface area contributed by atoms with E-state index in [1.165, 1.54) is 24.1 Å². The third-order valence-corrected chi connectivity index (χ3v) is 4.84. The molecule has 4 rings (SSSR count). The number of nitrogens with zero attached hydrogens (tertiary/aromatic N) is 3. The minimum atomic E-state index is -0.451. The highest BCUT2D eigenvalue weighted by molar-refractivity contribution is 6.09. The van der Waals surface area contributed by atoms with Crippen LogP contribution in [0.15, 0.2) is 65.7 Å². The van der Waals surface area contributed by atoms with Gasteiger partial charge in [-0.05, 0) is 42.8 Å². The number of rotatable bonds is 5. The van der Waals surface area contributed by atoms with Crippen LogP contribution in [0.5, 0.6) is 5.75 Å². The van der Waals surface area contributed by atoms with Crippen LogP contribution in [0, 0.1) is 10.1 Å². The number of aliphatic imine (C=N–C) groups is 1. The molecule has 28 heavy (non-hydrogen) atoms. The average Bonchev–Trinajstić information content (AvgIpc) is 3.05. The first-order chi connectivity index (χ1) is 13.6. The highest BCUT2D eigenvalue weighted by Crippen LogP contribution is 2.32. The molecule has 3 aromatic carbocycles. The predicted molar refractivity (Wildman–Crippen MR) is 112 cm³/mol. The Hall–Kier alpha value is -3.67. The van der Waals surface area contributed by atoms with Crippen molar-refractivity contribution in [2.75, 3.05) is 7.11 Å². The van der Waals surface area contributed by atoms with Crippen molar-refractivity contribution in [2.45, 2.75) is 13.5 Å². The van der Waals surface area contributed by atoms with Gasteiger partial charge in [0.1, 0.15) is 11.4 Å². The van der Waals surface area contributed by atoms with Crippen LogP contribution in [0.3, 0.4) is 0 Å². The number of fused-ring (bicyclic) bond motifs is 3. The highest BCUT2D eigenvalue weighted by atomic mass is 16.6. The molecule has 0 atom stereocenters. The fourth-order valence-electron chi connectivity index (χ4n) is 3.52. The second-order valence-electron chi connectivity index (χ2n) is 6.41. The van der Waals surface area contributed by atoms with Crippen LogP contribution >= 0.6 is 0 Å². The maximum absolute atomic E-state index is 11.3. The van der Waals surface area contributed by atoms with Crippen molar-refractivity contribution in [1.82, 2.24) is 4.57 Å². The number of hydrogen-bond acceptors (Lipinski definition) is 4. The molecule has 0 radical (unpaired) electrons.